The third kappa shape index (κ3) is 5.04. The van der Waals surface area contributed by atoms with Crippen molar-refractivity contribution in [3.63, 3.8) is 0 Å². The summed E-state index contributed by atoms with van der Waals surface area (Å²) in [5.41, 5.74) is 0.978. The number of hydrogen-bond donors (Lipinski definition) is 0. The van der Waals surface area contributed by atoms with Crippen LogP contribution in [0.15, 0.2) is 129 Å². The first kappa shape index (κ1) is 24.1. The fourth-order valence-corrected chi connectivity index (χ4v) is 8.79. The molecule has 0 aromatic heterocycles. The minimum absolute atomic E-state index is 0.129. The van der Waals surface area contributed by atoms with Gasteiger partial charge in [-0.25, -0.2) is 3.63 Å². The molecule has 0 spiro atoms. The minimum atomic E-state index is -4.10. The van der Waals surface area contributed by atoms with Crippen molar-refractivity contribution in [2.24, 2.45) is 0 Å². The van der Waals surface area contributed by atoms with E-state index in [1.165, 1.54) is 0 Å². The lowest BCUT2D eigenvalue weighted by Gasteiger charge is -2.39. The first-order valence-electron chi connectivity index (χ1n) is 11.1. The van der Waals surface area contributed by atoms with Crippen molar-refractivity contribution in [1.82, 2.24) is 0 Å². The number of ether oxygens (including phenoxy) is 1. The molecule has 0 aliphatic heterocycles. The Bertz CT molecular complexity index is 1260. The van der Waals surface area contributed by atoms with E-state index in [1.807, 2.05) is 91.9 Å². The molecule has 0 N–H and O–H groups in total. The van der Waals surface area contributed by atoms with Crippen molar-refractivity contribution >= 4 is 20.4 Å². The van der Waals surface area contributed by atoms with Gasteiger partial charge in [0.1, 0.15) is 5.75 Å². The lowest BCUT2D eigenvalue weighted by atomic mass is 10.2. The summed E-state index contributed by atoms with van der Waals surface area (Å²) in [4.78, 5) is 2.48. The highest BCUT2D eigenvalue weighted by Crippen LogP contribution is 2.70. The predicted molar refractivity (Wildman–Crippen MR) is 137 cm³/mol. The Morgan fingerprint density at radius 2 is 1.09 bits per heavy atom. The molecule has 4 nitrogen and oxygen atoms in total. The number of rotatable bonds is 9. The molecule has 4 aromatic carbocycles. The van der Waals surface area contributed by atoms with Gasteiger partial charge in [0.15, 0.2) is 0 Å². The van der Waals surface area contributed by atoms with Crippen LogP contribution in [0, 0.1) is 6.92 Å². The summed E-state index contributed by atoms with van der Waals surface area (Å²) in [7, 11) is -6.73. The maximum absolute atomic E-state index is 13.7. The molecule has 0 radical (unpaired) electrons. The fraction of sp³-hybridized carbons (Fsp3) is 0.143. The summed E-state index contributed by atoms with van der Waals surface area (Å²) in [6.45, 7) is 4.59. The Balaban J connectivity index is 1.93. The first-order valence-corrected chi connectivity index (χ1v) is 14.1. The Morgan fingerprint density at radius 1 is 0.618 bits per heavy atom. The van der Waals surface area contributed by atoms with E-state index in [0.29, 0.717) is 6.61 Å². The highest BCUT2D eigenvalue weighted by atomic mass is 32.3. The minimum Gasteiger partial charge on any atom is -0.494 e. The monoisotopic (exact) mass is 492 g/mol. The molecular formula is C28H28O4S2. The van der Waals surface area contributed by atoms with Gasteiger partial charge in [-0.1, -0.05) is 61.0 Å². The van der Waals surface area contributed by atoms with Gasteiger partial charge in [-0.05, 0) is 84.3 Å². The zero-order valence-corrected chi connectivity index (χ0v) is 20.9. The van der Waals surface area contributed by atoms with Gasteiger partial charge in [0.25, 0.3) is 0 Å². The van der Waals surface area contributed by atoms with Crippen LogP contribution in [0.1, 0.15) is 18.9 Å². The van der Waals surface area contributed by atoms with Crippen molar-refractivity contribution in [2.45, 2.75) is 39.9 Å². The van der Waals surface area contributed by atoms with Gasteiger partial charge in [0.05, 0.1) is 11.5 Å². The Hall–Kier alpha value is -3.06. The van der Waals surface area contributed by atoms with Gasteiger partial charge in [-0.15, -0.1) is 0 Å². The zero-order valence-electron chi connectivity index (χ0n) is 19.3. The molecule has 0 aliphatic rings. The molecule has 0 heterocycles. The van der Waals surface area contributed by atoms with E-state index in [1.54, 1.807) is 24.3 Å². The van der Waals surface area contributed by atoms with Crippen molar-refractivity contribution in [2.75, 3.05) is 6.61 Å². The predicted octanol–water partition coefficient (Wildman–Crippen LogP) is 7.39. The van der Waals surface area contributed by atoms with Gasteiger partial charge in [-0.2, -0.15) is 8.42 Å². The molecule has 0 fully saturated rings. The van der Waals surface area contributed by atoms with Crippen LogP contribution >= 0.6 is 10.3 Å². The maximum Gasteiger partial charge on any atom is 0.307 e. The molecule has 0 saturated heterocycles. The SMILES string of the molecule is CCCOc1ccc(S(OS(=O)(=O)c2ccc(C)cc2)(c2ccccc2)c2ccccc2)cc1. The molecule has 176 valence electrons. The standard InChI is InChI=1S/C28H28O4S2/c1-3-22-31-24-16-20-27(21-17-24)33(25-10-6-4-7-11-25,26-12-8-5-9-13-26)32-34(29,30)28-18-14-23(2)15-19-28/h4-21H,3,22H2,1-2H3. The second kappa shape index (κ2) is 10.5. The maximum atomic E-state index is 13.7. The van der Waals surface area contributed by atoms with Crippen LogP contribution in [0.2, 0.25) is 0 Å². The second-order valence-electron chi connectivity index (χ2n) is 7.84. The molecule has 4 aromatic rings. The lowest BCUT2D eigenvalue weighted by Crippen LogP contribution is -2.14. The second-order valence-corrected chi connectivity index (χ2v) is 12.3. The quantitative estimate of drug-likeness (QED) is 0.244. The molecular weight excluding hydrogens is 464 g/mol. The topological polar surface area (TPSA) is 52.6 Å². The van der Waals surface area contributed by atoms with E-state index >= 15 is 0 Å². The van der Waals surface area contributed by atoms with Gasteiger partial charge in [-0.3, -0.25) is 0 Å². The van der Waals surface area contributed by atoms with Crippen LogP contribution in [0.25, 0.3) is 0 Å². The molecule has 0 amide bonds. The molecule has 4 rings (SSSR count). The Morgan fingerprint density at radius 3 is 1.59 bits per heavy atom. The number of benzene rings is 4. The van der Waals surface area contributed by atoms with Crippen LogP contribution in [0.5, 0.6) is 5.75 Å². The van der Waals surface area contributed by atoms with E-state index in [9.17, 15) is 8.42 Å². The van der Waals surface area contributed by atoms with Gasteiger partial charge < -0.3 is 4.74 Å². The summed E-state index contributed by atoms with van der Waals surface area (Å²) < 4.78 is 39.4. The van der Waals surface area contributed by atoms with E-state index in [2.05, 4.69) is 6.92 Å². The summed E-state index contributed by atoms with van der Waals surface area (Å²) in [6, 6.07) is 33.4. The highest BCUT2D eigenvalue weighted by molar-refractivity contribution is 8.33. The molecule has 0 saturated carbocycles. The number of aryl methyl sites for hydroxylation is 1. The molecule has 0 unspecified atom stereocenters. The Labute approximate surface area is 203 Å². The van der Waals surface area contributed by atoms with Gasteiger partial charge >= 0.3 is 10.1 Å². The third-order valence-corrected chi connectivity index (χ3v) is 10.5. The van der Waals surface area contributed by atoms with E-state index in [0.717, 1.165) is 32.4 Å². The summed E-state index contributed by atoms with van der Waals surface area (Å²) in [5.74, 6) is 0.737. The summed E-state index contributed by atoms with van der Waals surface area (Å²) in [6.07, 6.45) is 0.906. The van der Waals surface area contributed by atoms with Gasteiger partial charge in [0, 0.05) is 14.7 Å². The normalized spacial score (nSPS) is 12.3. The highest BCUT2D eigenvalue weighted by Gasteiger charge is 2.38. The molecule has 6 heteroatoms. The van der Waals surface area contributed by atoms with E-state index in [-0.39, 0.29) is 4.90 Å². The van der Waals surface area contributed by atoms with Crippen LogP contribution in [-0.4, -0.2) is 15.0 Å². The van der Waals surface area contributed by atoms with Crippen LogP contribution in [0.3, 0.4) is 0 Å². The lowest BCUT2D eigenvalue weighted by molar-refractivity contribution is 0.317. The number of hydrogen-bond acceptors (Lipinski definition) is 4. The van der Waals surface area contributed by atoms with Crippen LogP contribution in [0.4, 0.5) is 0 Å². The molecule has 34 heavy (non-hydrogen) atoms. The molecule has 0 atom stereocenters. The van der Waals surface area contributed by atoms with Crippen molar-refractivity contribution in [3.8, 4) is 5.75 Å². The Kier molecular flexibility index (Phi) is 7.41. The first-order chi connectivity index (χ1) is 16.5. The van der Waals surface area contributed by atoms with E-state index < -0.39 is 20.4 Å². The molecule has 0 bridgehead atoms. The average molecular weight is 493 g/mol. The van der Waals surface area contributed by atoms with Crippen molar-refractivity contribution < 1.29 is 16.8 Å². The molecule has 0 aliphatic carbocycles. The fourth-order valence-electron chi connectivity index (χ4n) is 3.58. The third-order valence-electron chi connectivity index (χ3n) is 5.28. The zero-order chi connectivity index (χ0) is 24.0. The van der Waals surface area contributed by atoms with Crippen molar-refractivity contribution in [1.29, 1.82) is 0 Å². The van der Waals surface area contributed by atoms with Crippen molar-refractivity contribution in [3.05, 3.63) is 115 Å². The largest absolute Gasteiger partial charge is 0.494 e. The van der Waals surface area contributed by atoms with Crippen LogP contribution < -0.4 is 4.74 Å². The van der Waals surface area contributed by atoms with Crippen LogP contribution in [-0.2, 0) is 13.7 Å². The van der Waals surface area contributed by atoms with E-state index in [4.69, 9.17) is 8.37 Å². The smallest absolute Gasteiger partial charge is 0.307 e. The summed E-state index contributed by atoms with van der Waals surface area (Å²) >= 11 is 0. The summed E-state index contributed by atoms with van der Waals surface area (Å²) in [5, 5.41) is 0. The van der Waals surface area contributed by atoms with Gasteiger partial charge in [0.2, 0.25) is 0 Å². The average Bonchev–Trinajstić information content (AvgIpc) is 2.88.